The van der Waals surface area contributed by atoms with Crippen molar-refractivity contribution < 1.29 is 18.0 Å². The Hall–Kier alpha value is -1.76. The lowest BCUT2D eigenvalue weighted by Crippen LogP contribution is -2.28. The van der Waals surface area contributed by atoms with Crippen molar-refractivity contribution in [3.63, 3.8) is 0 Å². The molecule has 0 aliphatic heterocycles. The molecule has 0 atom stereocenters. The van der Waals surface area contributed by atoms with Gasteiger partial charge in [0.15, 0.2) is 0 Å². The van der Waals surface area contributed by atoms with E-state index >= 15 is 0 Å². The van der Waals surface area contributed by atoms with Crippen LogP contribution in [-0.4, -0.2) is 17.8 Å². The van der Waals surface area contributed by atoms with E-state index in [4.69, 9.17) is 23.1 Å². The lowest BCUT2D eigenvalue weighted by atomic mass is 9.87. The summed E-state index contributed by atoms with van der Waals surface area (Å²) in [6.07, 6.45) is -3.99. The molecule has 120 valence electrons. The minimum absolute atomic E-state index is 0.0484. The maximum absolute atomic E-state index is 12.6. The van der Waals surface area contributed by atoms with Gasteiger partial charge in [-0.1, -0.05) is 11.6 Å². The maximum Gasteiger partial charge on any atom is 0.391 e. The van der Waals surface area contributed by atoms with Crippen LogP contribution in [0.1, 0.15) is 36.0 Å². The summed E-state index contributed by atoms with van der Waals surface area (Å²) < 4.78 is 37.7. The molecular formula is C14H15ClF3N3O. The first-order chi connectivity index (χ1) is 10.2. The maximum atomic E-state index is 12.6. The fourth-order valence-corrected chi connectivity index (χ4v) is 2.62. The predicted octanol–water partition coefficient (Wildman–Crippen LogP) is 3.84. The number of aliphatic imine (C=N–C) groups is 1. The second-order valence-electron chi connectivity index (χ2n) is 5.26. The second-order valence-corrected chi connectivity index (χ2v) is 5.67. The largest absolute Gasteiger partial charge is 0.397 e. The predicted molar refractivity (Wildman–Crippen MR) is 80.1 cm³/mol. The molecule has 0 aromatic heterocycles. The fourth-order valence-electron chi connectivity index (χ4n) is 2.36. The normalized spacial score (nSPS) is 19.1. The quantitative estimate of drug-likeness (QED) is 0.766. The molecule has 0 bridgehead atoms. The molecule has 4 nitrogen and oxygen atoms in total. The van der Waals surface area contributed by atoms with Gasteiger partial charge < -0.3 is 11.5 Å². The summed E-state index contributed by atoms with van der Waals surface area (Å²) in [5.74, 6) is -1.94. The second kappa shape index (κ2) is 6.16. The number of halogens is 4. The zero-order chi connectivity index (χ0) is 16.5. The molecule has 1 aliphatic carbocycles. The molecule has 8 heteroatoms. The molecule has 1 amide bonds. The van der Waals surface area contributed by atoms with E-state index in [2.05, 4.69) is 4.99 Å². The number of nitrogens with zero attached hydrogens (tertiary/aromatic N) is 1. The van der Waals surface area contributed by atoms with Gasteiger partial charge in [0.1, 0.15) is 0 Å². The van der Waals surface area contributed by atoms with E-state index in [-0.39, 0.29) is 47.6 Å². The number of benzene rings is 1. The number of anilines is 2. The number of carbonyl (C=O) groups excluding carboxylic acids is 1. The monoisotopic (exact) mass is 333 g/mol. The van der Waals surface area contributed by atoms with Crippen molar-refractivity contribution in [3.05, 3.63) is 22.7 Å². The van der Waals surface area contributed by atoms with Crippen LogP contribution >= 0.6 is 11.6 Å². The Kier molecular flexibility index (Phi) is 4.65. The summed E-state index contributed by atoms with van der Waals surface area (Å²) in [4.78, 5) is 16.0. The SMILES string of the molecule is Nc1cc(Cl)c(C(=O)N=C2CCC(C(F)(F)F)CC2)cc1N. The van der Waals surface area contributed by atoms with Gasteiger partial charge in [0.05, 0.1) is 27.9 Å². The molecule has 1 saturated carbocycles. The minimum atomic E-state index is -4.19. The third kappa shape index (κ3) is 3.71. The summed E-state index contributed by atoms with van der Waals surface area (Å²) in [5, 5.41) is 0.116. The van der Waals surface area contributed by atoms with Crippen molar-refractivity contribution in [2.24, 2.45) is 10.9 Å². The van der Waals surface area contributed by atoms with Crippen molar-refractivity contribution in [3.8, 4) is 0 Å². The number of hydrogen-bond acceptors (Lipinski definition) is 3. The third-order valence-electron chi connectivity index (χ3n) is 3.69. The lowest BCUT2D eigenvalue weighted by molar-refractivity contribution is -0.178. The van der Waals surface area contributed by atoms with Gasteiger partial charge in [-0.2, -0.15) is 13.2 Å². The highest BCUT2D eigenvalue weighted by molar-refractivity contribution is 6.34. The van der Waals surface area contributed by atoms with Crippen molar-refractivity contribution >= 4 is 34.6 Å². The number of amides is 1. The molecule has 0 unspecified atom stereocenters. The van der Waals surface area contributed by atoms with E-state index in [1.165, 1.54) is 12.1 Å². The Morgan fingerprint density at radius 2 is 1.73 bits per heavy atom. The highest BCUT2D eigenvalue weighted by atomic mass is 35.5. The molecule has 22 heavy (non-hydrogen) atoms. The molecule has 0 spiro atoms. The molecule has 1 fully saturated rings. The Labute approximate surface area is 130 Å². The van der Waals surface area contributed by atoms with Crippen LogP contribution in [0, 0.1) is 5.92 Å². The number of nitrogens with two attached hydrogens (primary N) is 2. The smallest absolute Gasteiger partial charge is 0.391 e. The van der Waals surface area contributed by atoms with E-state index < -0.39 is 18.0 Å². The van der Waals surface area contributed by atoms with Crippen LogP contribution in [0.3, 0.4) is 0 Å². The number of alkyl halides is 3. The average molecular weight is 334 g/mol. The molecule has 1 aliphatic rings. The van der Waals surface area contributed by atoms with Gasteiger partial charge >= 0.3 is 6.18 Å². The summed E-state index contributed by atoms with van der Waals surface area (Å²) in [6.45, 7) is 0. The fraction of sp³-hybridized carbons (Fsp3) is 0.429. The Balaban J connectivity index is 2.11. The zero-order valence-electron chi connectivity index (χ0n) is 11.6. The van der Waals surface area contributed by atoms with Crippen LogP contribution < -0.4 is 11.5 Å². The van der Waals surface area contributed by atoms with Crippen LogP contribution in [0.2, 0.25) is 5.02 Å². The number of carbonyl (C=O) groups is 1. The van der Waals surface area contributed by atoms with Crippen molar-refractivity contribution in [1.29, 1.82) is 0 Å². The van der Waals surface area contributed by atoms with Crippen molar-refractivity contribution in [2.45, 2.75) is 31.9 Å². The Morgan fingerprint density at radius 1 is 1.18 bits per heavy atom. The molecule has 1 aromatic carbocycles. The summed E-state index contributed by atoms with van der Waals surface area (Å²) >= 11 is 5.92. The Morgan fingerprint density at radius 3 is 2.27 bits per heavy atom. The highest BCUT2D eigenvalue weighted by Crippen LogP contribution is 2.36. The Bertz CT molecular complexity index is 618. The molecule has 0 heterocycles. The first-order valence-corrected chi connectivity index (χ1v) is 7.08. The summed E-state index contributed by atoms with van der Waals surface area (Å²) in [5.41, 5.74) is 12.2. The van der Waals surface area contributed by atoms with Gasteiger partial charge in [0.2, 0.25) is 0 Å². The first kappa shape index (κ1) is 16.6. The van der Waals surface area contributed by atoms with Crippen LogP contribution in [0.4, 0.5) is 24.5 Å². The standard InChI is InChI=1S/C14H15ClF3N3O/c15-10-6-12(20)11(19)5-9(10)13(22)21-8-3-1-7(2-4-8)14(16,17)18/h5-7H,1-4,19-20H2. The minimum Gasteiger partial charge on any atom is -0.397 e. The van der Waals surface area contributed by atoms with E-state index in [0.717, 1.165) is 0 Å². The topological polar surface area (TPSA) is 81.5 Å². The number of rotatable bonds is 1. The van der Waals surface area contributed by atoms with Crippen LogP contribution in [0.15, 0.2) is 17.1 Å². The molecule has 0 saturated heterocycles. The zero-order valence-corrected chi connectivity index (χ0v) is 12.3. The van der Waals surface area contributed by atoms with E-state index in [1.807, 2.05) is 0 Å². The third-order valence-corrected chi connectivity index (χ3v) is 4.00. The van der Waals surface area contributed by atoms with Gasteiger partial charge in [0.25, 0.3) is 5.91 Å². The van der Waals surface area contributed by atoms with Crippen molar-refractivity contribution in [1.82, 2.24) is 0 Å². The summed E-state index contributed by atoms with van der Waals surface area (Å²) in [7, 11) is 0. The molecule has 1 aromatic rings. The van der Waals surface area contributed by atoms with E-state index in [9.17, 15) is 18.0 Å². The van der Waals surface area contributed by atoms with Crippen molar-refractivity contribution in [2.75, 3.05) is 11.5 Å². The van der Waals surface area contributed by atoms with E-state index in [0.29, 0.717) is 5.71 Å². The number of hydrogen-bond donors (Lipinski definition) is 2. The van der Waals surface area contributed by atoms with Gasteiger partial charge in [0, 0.05) is 5.71 Å². The van der Waals surface area contributed by atoms with E-state index in [1.54, 1.807) is 0 Å². The van der Waals surface area contributed by atoms with Gasteiger partial charge in [-0.05, 0) is 37.8 Å². The van der Waals surface area contributed by atoms with Crippen LogP contribution in [0.25, 0.3) is 0 Å². The van der Waals surface area contributed by atoms with Crippen LogP contribution in [0.5, 0.6) is 0 Å². The average Bonchev–Trinajstić information content (AvgIpc) is 2.42. The molecular weight excluding hydrogens is 319 g/mol. The van der Waals surface area contributed by atoms with Crippen LogP contribution in [-0.2, 0) is 0 Å². The van der Waals surface area contributed by atoms with Gasteiger partial charge in [-0.15, -0.1) is 0 Å². The van der Waals surface area contributed by atoms with Gasteiger partial charge in [-0.3, -0.25) is 4.79 Å². The lowest BCUT2D eigenvalue weighted by Gasteiger charge is -2.25. The molecule has 2 rings (SSSR count). The first-order valence-electron chi connectivity index (χ1n) is 6.70. The molecule has 0 radical (unpaired) electrons. The highest BCUT2D eigenvalue weighted by Gasteiger charge is 2.40. The van der Waals surface area contributed by atoms with Gasteiger partial charge in [-0.25, -0.2) is 4.99 Å². The molecule has 4 N–H and O–H groups in total. The summed E-state index contributed by atoms with van der Waals surface area (Å²) in [6, 6.07) is 2.68. The number of nitrogen functional groups attached to an aromatic ring is 2.